The van der Waals surface area contributed by atoms with Gasteiger partial charge in [0.1, 0.15) is 6.10 Å². The topological polar surface area (TPSA) is 26.3 Å². The maximum absolute atomic E-state index is 10.1. The fourth-order valence-electron chi connectivity index (χ4n) is 1.48. The molecule has 0 aliphatic rings. The zero-order chi connectivity index (χ0) is 9.61. The summed E-state index contributed by atoms with van der Waals surface area (Å²) in [5.74, 6) is 0. The lowest BCUT2D eigenvalue weighted by Crippen LogP contribution is -2.32. The molecule has 12 heavy (non-hydrogen) atoms. The van der Waals surface area contributed by atoms with Gasteiger partial charge < -0.3 is 4.74 Å². The van der Waals surface area contributed by atoms with Gasteiger partial charge in [-0.25, -0.2) is 4.79 Å². The molecule has 2 heteroatoms. The van der Waals surface area contributed by atoms with E-state index in [4.69, 9.17) is 4.74 Å². The minimum absolute atomic E-state index is 0.0185. The normalized spacial score (nSPS) is 14.0. The first kappa shape index (κ1) is 11.5. The average molecular weight is 171 g/mol. The van der Waals surface area contributed by atoms with Crippen molar-refractivity contribution in [3.63, 3.8) is 0 Å². The number of hydrogen-bond acceptors (Lipinski definition) is 2. The molecule has 0 heterocycles. The molecule has 1 unspecified atom stereocenters. The second-order valence-corrected chi connectivity index (χ2v) is 3.46. The molecular formula is C10H19O2. The number of carbonyl (C=O) groups excluding carboxylic acids is 1. The number of hydrogen-bond donors (Lipinski definition) is 0. The Balaban J connectivity index is 4.31. The van der Waals surface area contributed by atoms with Crippen molar-refractivity contribution < 1.29 is 9.53 Å². The molecule has 0 aliphatic carbocycles. The molecular weight excluding hydrogens is 152 g/mol. The van der Waals surface area contributed by atoms with E-state index in [9.17, 15) is 4.79 Å². The molecule has 0 spiro atoms. The van der Waals surface area contributed by atoms with Crippen LogP contribution in [0.1, 0.15) is 47.0 Å². The largest absolute Gasteiger partial charge is 0.453 e. The molecule has 1 radical (unpaired) electrons. The van der Waals surface area contributed by atoms with Gasteiger partial charge in [-0.2, -0.15) is 0 Å². The van der Waals surface area contributed by atoms with Crippen LogP contribution in [-0.2, 0) is 9.53 Å². The van der Waals surface area contributed by atoms with Gasteiger partial charge in [0, 0.05) is 5.41 Å². The third-order valence-corrected chi connectivity index (χ3v) is 2.95. The van der Waals surface area contributed by atoms with Crippen LogP contribution in [0.25, 0.3) is 0 Å². The summed E-state index contributed by atoms with van der Waals surface area (Å²) in [6.07, 6.45) is 2.95. The quantitative estimate of drug-likeness (QED) is 0.614. The van der Waals surface area contributed by atoms with Crippen LogP contribution >= 0.6 is 0 Å². The van der Waals surface area contributed by atoms with E-state index in [0.717, 1.165) is 19.3 Å². The Labute approximate surface area is 75.3 Å². The predicted octanol–water partition coefficient (Wildman–Crippen LogP) is 2.68. The fourth-order valence-corrected chi connectivity index (χ4v) is 1.48. The smallest absolute Gasteiger partial charge is 0.417 e. The SMILES string of the molecule is CCC(O[C]=O)C(C)(CC)CC. The van der Waals surface area contributed by atoms with Crippen LogP contribution in [0.4, 0.5) is 0 Å². The minimum Gasteiger partial charge on any atom is -0.453 e. The lowest BCUT2D eigenvalue weighted by atomic mass is 9.78. The lowest BCUT2D eigenvalue weighted by molar-refractivity contribution is 0.0367. The molecule has 0 N–H and O–H groups in total. The molecule has 0 rings (SSSR count). The van der Waals surface area contributed by atoms with E-state index >= 15 is 0 Å². The highest BCUT2D eigenvalue weighted by molar-refractivity contribution is 5.38. The van der Waals surface area contributed by atoms with E-state index in [1.807, 2.05) is 6.92 Å². The summed E-state index contributed by atoms with van der Waals surface area (Å²) in [5, 5.41) is 0. The fraction of sp³-hybridized carbons (Fsp3) is 0.900. The minimum atomic E-state index is 0.0185. The molecule has 0 bridgehead atoms. The van der Waals surface area contributed by atoms with Crippen molar-refractivity contribution in [2.75, 3.05) is 0 Å². The molecule has 71 valence electrons. The molecule has 0 aromatic rings. The zero-order valence-corrected chi connectivity index (χ0v) is 8.52. The third-order valence-electron chi connectivity index (χ3n) is 2.95. The molecule has 0 saturated carbocycles. The molecule has 0 aliphatic heterocycles. The van der Waals surface area contributed by atoms with E-state index < -0.39 is 0 Å². The first-order valence-electron chi connectivity index (χ1n) is 4.67. The van der Waals surface area contributed by atoms with Crippen molar-refractivity contribution >= 4 is 6.47 Å². The second-order valence-electron chi connectivity index (χ2n) is 3.46. The summed E-state index contributed by atoms with van der Waals surface area (Å²) in [5.41, 5.74) is 0.117. The molecule has 0 saturated heterocycles. The van der Waals surface area contributed by atoms with E-state index in [1.54, 1.807) is 6.47 Å². The van der Waals surface area contributed by atoms with Gasteiger partial charge in [0.15, 0.2) is 0 Å². The summed E-state index contributed by atoms with van der Waals surface area (Å²) >= 11 is 0. The van der Waals surface area contributed by atoms with Crippen LogP contribution in [-0.4, -0.2) is 12.6 Å². The lowest BCUT2D eigenvalue weighted by Gasteiger charge is -2.33. The summed E-state index contributed by atoms with van der Waals surface area (Å²) in [4.78, 5) is 10.1. The third kappa shape index (κ3) is 2.50. The Morgan fingerprint density at radius 2 is 1.83 bits per heavy atom. The second kappa shape index (κ2) is 5.18. The Bertz CT molecular complexity index is 128. The van der Waals surface area contributed by atoms with E-state index in [-0.39, 0.29) is 11.5 Å². The molecule has 0 fully saturated rings. The van der Waals surface area contributed by atoms with Gasteiger partial charge in [0.2, 0.25) is 0 Å². The van der Waals surface area contributed by atoms with E-state index in [0.29, 0.717) is 0 Å². The molecule has 2 nitrogen and oxygen atoms in total. The first-order valence-corrected chi connectivity index (χ1v) is 4.67. The van der Waals surface area contributed by atoms with Crippen LogP contribution in [0.5, 0.6) is 0 Å². The molecule has 0 aromatic heterocycles. The van der Waals surface area contributed by atoms with Crippen LogP contribution in [0.15, 0.2) is 0 Å². The highest BCUT2D eigenvalue weighted by Crippen LogP contribution is 2.33. The van der Waals surface area contributed by atoms with Gasteiger partial charge in [0.05, 0.1) is 0 Å². The van der Waals surface area contributed by atoms with Gasteiger partial charge in [-0.3, -0.25) is 0 Å². The Morgan fingerprint density at radius 1 is 1.33 bits per heavy atom. The van der Waals surface area contributed by atoms with Crippen LogP contribution in [0.3, 0.4) is 0 Å². The van der Waals surface area contributed by atoms with Gasteiger partial charge in [-0.1, -0.05) is 27.7 Å². The van der Waals surface area contributed by atoms with Crippen molar-refractivity contribution in [2.45, 2.75) is 53.1 Å². The molecule has 0 amide bonds. The number of ether oxygens (including phenoxy) is 1. The summed E-state index contributed by atoms with van der Waals surface area (Å²) < 4.78 is 4.93. The van der Waals surface area contributed by atoms with Gasteiger partial charge in [-0.05, 0) is 19.3 Å². The van der Waals surface area contributed by atoms with Crippen molar-refractivity contribution in [3.8, 4) is 0 Å². The Morgan fingerprint density at radius 3 is 2.08 bits per heavy atom. The van der Waals surface area contributed by atoms with Crippen LogP contribution in [0, 0.1) is 5.41 Å². The monoisotopic (exact) mass is 171 g/mol. The van der Waals surface area contributed by atoms with Crippen molar-refractivity contribution in [1.29, 1.82) is 0 Å². The summed E-state index contributed by atoms with van der Waals surface area (Å²) in [6.45, 7) is 9.98. The van der Waals surface area contributed by atoms with Crippen LogP contribution in [0.2, 0.25) is 0 Å². The zero-order valence-electron chi connectivity index (χ0n) is 8.52. The summed E-state index contributed by atoms with van der Waals surface area (Å²) in [6, 6.07) is 0. The predicted molar refractivity (Wildman–Crippen MR) is 49.5 cm³/mol. The Kier molecular flexibility index (Phi) is 4.95. The van der Waals surface area contributed by atoms with Crippen LogP contribution < -0.4 is 0 Å². The maximum Gasteiger partial charge on any atom is 0.417 e. The van der Waals surface area contributed by atoms with Gasteiger partial charge in [0.25, 0.3) is 0 Å². The van der Waals surface area contributed by atoms with E-state index in [1.165, 1.54) is 0 Å². The van der Waals surface area contributed by atoms with Crippen molar-refractivity contribution in [2.24, 2.45) is 5.41 Å². The molecule has 0 aromatic carbocycles. The first-order chi connectivity index (χ1) is 5.64. The van der Waals surface area contributed by atoms with Gasteiger partial charge in [-0.15, -0.1) is 0 Å². The standard InChI is InChI=1S/C10H19O2/c1-5-9(12-8-11)10(4,6-2)7-3/h9H,5-7H2,1-4H3. The summed E-state index contributed by atoms with van der Waals surface area (Å²) in [7, 11) is 0. The van der Waals surface area contributed by atoms with Gasteiger partial charge >= 0.3 is 6.47 Å². The number of rotatable bonds is 6. The van der Waals surface area contributed by atoms with E-state index in [2.05, 4.69) is 20.8 Å². The Hall–Kier alpha value is -0.530. The molecule has 1 atom stereocenters. The van der Waals surface area contributed by atoms with Crippen molar-refractivity contribution in [3.05, 3.63) is 0 Å². The average Bonchev–Trinajstić information content (AvgIpc) is 2.13. The highest BCUT2D eigenvalue weighted by atomic mass is 16.5. The maximum atomic E-state index is 10.1. The van der Waals surface area contributed by atoms with Crippen molar-refractivity contribution in [1.82, 2.24) is 0 Å². The highest BCUT2D eigenvalue weighted by Gasteiger charge is 2.31.